The second-order valence-electron chi connectivity index (χ2n) is 4.86. The molecule has 100 valence electrons. The normalized spacial score (nSPS) is 22.7. The number of hydrogen-bond donors (Lipinski definition) is 1. The van der Waals surface area contributed by atoms with Gasteiger partial charge in [-0.2, -0.15) is 0 Å². The number of hydrogen-bond acceptors (Lipinski definition) is 5. The minimum absolute atomic E-state index is 0.186. The van der Waals surface area contributed by atoms with Crippen LogP contribution in [0.15, 0.2) is 0 Å². The molecule has 5 heteroatoms. The van der Waals surface area contributed by atoms with Gasteiger partial charge in [0.15, 0.2) is 0 Å². The molecule has 0 bridgehead atoms. The number of rotatable bonds is 3. The average molecular weight is 268 g/mol. The van der Waals surface area contributed by atoms with Gasteiger partial charge in [0.2, 0.25) is 0 Å². The minimum Gasteiger partial charge on any atom is -0.381 e. The zero-order valence-corrected chi connectivity index (χ0v) is 11.6. The summed E-state index contributed by atoms with van der Waals surface area (Å²) in [5, 5.41) is 4.57. The lowest BCUT2D eigenvalue weighted by molar-refractivity contribution is -0.112. The number of ether oxygens (including phenoxy) is 2. The average Bonchev–Trinajstić information content (AvgIpc) is 2.84. The van der Waals surface area contributed by atoms with Gasteiger partial charge in [-0.25, -0.2) is 4.98 Å². The first-order valence-electron chi connectivity index (χ1n) is 6.75. The predicted octanol–water partition coefficient (Wildman–Crippen LogP) is 1.83. The lowest BCUT2D eigenvalue weighted by Crippen LogP contribution is -2.36. The van der Waals surface area contributed by atoms with Gasteiger partial charge in [0.05, 0.1) is 5.69 Å². The summed E-state index contributed by atoms with van der Waals surface area (Å²) >= 11 is 1.83. The van der Waals surface area contributed by atoms with Gasteiger partial charge in [-0.1, -0.05) is 0 Å². The molecule has 3 rings (SSSR count). The van der Waals surface area contributed by atoms with Crippen molar-refractivity contribution >= 4 is 11.3 Å². The summed E-state index contributed by atoms with van der Waals surface area (Å²) in [5.41, 5.74) is 1.09. The number of aromatic nitrogens is 1. The highest BCUT2D eigenvalue weighted by Crippen LogP contribution is 2.39. The van der Waals surface area contributed by atoms with E-state index >= 15 is 0 Å². The van der Waals surface area contributed by atoms with Crippen LogP contribution in [0.25, 0.3) is 0 Å². The molecule has 2 aliphatic rings. The molecule has 0 amide bonds. The standard InChI is InChI=1S/C13H20N2O2S/c1-2-17-13(4-7-16-8-5-13)12-15-10-3-6-14-9-11(10)18-12/h14H,2-9H2,1H3. The van der Waals surface area contributed by atoms with Crippen molar-refractivity contribution in [3.05, 3.63) is 15.6 Å². The van der Waals surface area contributed by atoms with E-state index in [2.05, 4.69) is 12.2 Å². The van der Waals surface area contributed by atoms with Crippen molar-refractivity contribution in [3.63, 3.8) is 0 Å². The maximum Gasteiger partial charge on any atom is 0.125 e. The van der Waals surface area contributed by atoms with Gasteiger partial charge in [-0.3, -0.25) is 0 Å². The van der Waals surface area contributed by atoms with Gasteiger partial charge >= 0.3 is 0 Å². The molecule has 0 aliphatic carbocycles. The molecular weight excluding hydrogens is 248 g/mol. The third-order valence-electron chi connectivity index (χ3n) is 3.71. The van der Waals surface area contributed by atoms with Crippen LogP contribution in [-0.2, 0) is 28.0 Å². The van der Waals surface area contributed by atoms with E-state index in [0.717, 1.165) is 52.2 Å². The summed E-state index contributed by atoms with van der Waals surface area (Å²) in [6.07, 6.45) is 2.91. The van der Waals surface area contributed by atoms with Crippen molar-refractivity contribution in [2.45, 2.75) is 38.3 Å². The lowest BCUT2D eigenvalue weighted by atomic mass is 9.94. The highest BCUT2D eigenvalue weighted by Gasteiger charge is 2.39. The molecule has 0 radical (unpaired) electrons. The Hall–Kier alpha value is -0.490. The molecule has 1 aromatic heterocycles. The third-order valence-corrected chi connectivity index (χ3v) is 5.00. The molecule has 0 unspecified atom stereocenters. The van der Waals surface area contributed by atoms with Crippen LogP contribution in [0, 0.1) is 0 Å². The van der Waals surface area contributed by atoms with Crippen molar-refractivity contribution in [1.82, 2.24) is 10.3 Å². The zero-order chi connectivity index (χ0) is 12.4. The molecule has 0 aromatic carbocycles. The summed E-state index contributed by atoms with van der Waals surface area (Å²) in [4.78, 5) is 6.25. The largest absolute Gasteiger partial charge is 0.381 e. The molecule has 1 fully saturated rings. The van der Waals surface area contributed by atoms with Gasteiger partial charge in [0.25, 0.3) is 0 Å². The van der Waals surface area contributed by atoms with Crippen molar-refractivity contribution in [2.75, 3.05) is 26.4 Å². The van der Waals surface area contributed by atoms with Crippen LogP contribution < -0.4 is 5.32 Å². The fraction of sp³-hybridized carbons (Fsp3) is 0.769. The Morgan fingerprint density at radius 3 is 3.00 bits per heavy atom. The van der Waals surface area contributed by atoms with E-state index in [1.807, 2.05) is 11.3 Å². The number of nitrogens with zero attached hydrogens (tertiary/aromatic N) is 1. The van der Waals surface area contributed by atoms with Crippen LogP contribution in [0.2, 0.25) is 0 Å². The summed E-state index contributed by atoms with van der Waals surface area (Å²) < 4.78 is 11.6. The zero-order valence-electron chi connectivity index (χ0n) is 10.8. The first-order chi connectivity index (χ1) is 8.84. The van der Waals surface area contributed by atoms with E-state index in [1.54, 1.807) is 0 Å². The fourth-order valence-electron chi connectivity index (χ4n) is 2.72. The molecule has 0 spiro atoms. The molecule has 18 heavy (non-hydrogen) atoms. The highest BCUT2D eigenvalue weighted by molar-refractivity contribution is 7.11. The molecular formula is C13H20N2O2S. The Morgan fingerprint density at radius 1 is 1.44 bits per heavy atom. The van der Waals surface area contributed by atoms with Crippen molar-refractivity contribution in [3.8, 4) is 0 Å². The molecule has 2 aliphatic heterocycles. The molecule has 0 saturated carbocycles. The van der Waals surface area contributed by atoms with Crippen LogP contribution >= 0.6 is 11.3 Å². The summed E-state index contributed by atoms with van der Waals surface area (Å²) in [6.45, 7) is 6.37. The van der Waals surface area contributed by atoms with Crippen molar-refractivity contribution in [1.29, 1.82) is 0 Å². The van der Waals surface area contributed by atoms with E-state index in [0.29, 0.717) is 0 Å². The monoisotopic (exact) mass is 268 g/mol. The smallest absolute Gasteiger partial charge is 0.125 e. The number of nitrogens with one attached hydrogen (secondary N) is 1. The first-order valence-corrected chi connectivity index (χ1v) is 7.57. The first kappa shape index (κ1) is 12.5. The summed E-state index contributed by atoms with van der Waals surface area (Å²) in [5.74, 6) is 0. The van der Waals surface area contributed by atoms with Gasteiger partial charge in [0, 0.05) is 57.0 Å². The number of thiazole rings is 1. The van der Waals surface area contributed by atoms with E-state index in [9.17, 15) is 0 Å². The van der Waals surface area contributed by atoms with Crippen molar-refractivity contribution in [2.24, 2.45) is 0 Å². The molecule has 1 N–H and O–H groups in total. The Balaban J connectivity index is 1.91. The SMILES string of the molecule is CCOC1(c2nc3c(s2)CNCC3)CCOCC1. The van der Waals surface area contributed by atoms with E-state index in [1.165, 1.54) is 15.6 Å². The summed E-state index contributed by atoms with van der Waals surface area (Å²) in [6, 6.07) is 0. The van der Waals surface area contributed by atoms with Crippen LogP contribution in [0.3, 0.4) is 0 Å². The van der Waals surface area contributed by atoms with Gasteiger partial charge in [-0.05, 0) is 6.92 Å². The molecule has 4 nitrogen and oxygen atoms in total. The summed E-state index contributed by atoms with van der Waals surface area (Å²) in [7, 11) is 0. The van der Waals surface area contributed by atoms with Crippen molar-refractivity contribution < 1.29 is 9.47 Å². The second-order valence-corrected chi connectivity index (χ2v) is 5.94. The molecule has 1 saturated heterocycles. The predicted molar refractivity (Wildman–Crippen MR) is 70.9 cm³/mol. The Bertz CT molecular complexity index is 384. The van der Waals surface area contributed by atoms with Crippen LogP contribution in [0.1, 0.15) is 35.3 Å². The minimum atomic E-state index is -0.186. The van der Waals surface area contributed by atoms with E-state index in [-0.39, 0.29) is 5.60 Å². The molecule has 1 aromatic rings. The van der Waals surface area contributed by atoms with Crippen LogP contribution in [0.5, 0.6) is 0 Å². The Labute approximate surface area is 112 Å². The maximum absolute atomic E-state index is 6.08. The third kappa shape index (κ3) is 2.20. The quantitative estimate of drug-likeness (QED) is 0.908. The van der Waals surface area contributed by atoms with Crippen LogP contribution in [0.4, 0.5) is 0 Å². The second kappa shape index (κ2) is 5.25. The Morgan fingerprint density at radius 2 is 2.28 bits per heavy atom. The van der Waals surface area contributed by atoms with Crippen LogP contribution in [-0.4, -0.2) is 31.3 Å². The topological polar surface area (TPSA) is 43.4 Å². The van der Waals surface area contributed by atoms with Gasteiger partial charge < -0.3 is 14.8 Å². The maximum atomic E-state index is 6.08. The number of fused-ring (bicyclic) bond motifs is 1. The lowest BCUT2D eigenvalue weighted by Gasteiger charge is -2.35. The van der Waals surface area contributed by atoms with Gasteiger partial charge in [-0.15, -0.1) is 11.3 Å². The molecule has 3 heterocycles. The highest BCUT2D eigenvalue weighted by atomic mass is 32.1. The van der Waals surface area contributed by atoms with Gasteiger partial charge in [0.1, 0.15) is 10.6 Å². The fourth-order valence-corrected chi connectivity index (χ4v) is 4.00. The van der Waals surface area contributed by atoms with E-state index in [4.69, 9.17) is 14.5 Å². The molecule has 0 atom stereocenters. The Kier molecular flexibility index (Phi) is 3.66. The van der Waals surface area contributed by atoms with E-state index < -0.39 is 0 Å².